The lowest BCUT2D eigenvalue weighted by molar-refractivity contribution is 0.379. The monoisotopic (exact) mass is 86.1 g/mol. The Labute approximate surface area is 35.8 Å². The third-order valence-electron chi connectivity index (χ3n) is 0.568. The molecule has 1 N–H and O–H groups in total. The molecule has 1 heterocycles. The molecule has 0 unspecified atom stereocenters. The van der Waals surface area contributed by atoms with E-state index in [0.717, 1.165) is 6.67 Å². The summed E-state index contributed by atoms with van der Waals surface area (Å²) in [6.45, 7) is 0.736. The number of rotatable bonds is 0. The van der Waals surface area contributed by atoms with Crippen LogP contribution >= 0.6 is 0 Å². The van der Waals surface area contributed by atoms with E-state index in [1.807, 2.05) is 7.05 Å². The summed E-state index contributed by atoms with van der Waals surface area (Å²) in [6, 6.07) is 0. The maximum absolute atomic E-state index is 3.58. The Bertz CT molecular complexity index is 67.9. The van der Waals surface area contributed by atoms with Gasteiger partial charge in [-0.05, 0) is 0 Å². The zero-order valence-electron chi connectivity index (χ0n) is 3.55. The van der Waals surface area contributed by atoms with Gasteiger partial charge in [-0.1, -0.05) is 10.4 Å². The molecule has 0 saturated heterocycles. The molecule has 0 bridgehead atoms. The van der Waals surface area contributed by atoms with E-state index in [4.69, 9.17) is 0 Å². The topological polar surface area (TPSA) is 40.0 Å². The molecule has 4 heteroatoms. The van der Waals surface area contributed by atoms with Gasteiger partial charge in [0.25, 0.3) is 0 Å². The Hall–Kier alpha value is -0.800. The molecule has 1 aliphatic heterocycles. The Morgan fingerprint density at radius 2 is 2.67 bits per heavy atom. The predicted octanol–water partition coefficient (Wildman–Crippen LogP) is -0.239. The Morgan fingerprint density at radius 1 is 1.83 bits per heavy atom. The van der Waals surface area contributed by atoms with E-state index in [1.165, 1.54) is 0 Å². The van der Waals surface area contributed by atoms with Gasteiger partial charge in [0, 0.05) is 7.05 Å². The van der Waals surface area contributed by atoms with Crippen LogP contribution in [0.5, 0.6) is 0 Å². The standard InChI is InChI=1S/C2H6N4/c1-6-2-3-4-5-6/h2H2,1H3,(H,3,5). The fourth-order valence-electron chi connectivity index (χ4n) is 0.274. The minimum atomic E-state index is 0.736. The Balaban J connectivity index is 2.38. The molecule has 0 amide bonds. The number of hydrogen-bond donors (Lipinski definition) is 1. The van der Waals surface area contributed by atoms with Gasteiger partial charge >= 0.3 is 0 Å². The molecule has 1 rings (SSSR count). The molecule has 0 radical (unpaired) electrons. The summed E-state index contributed by atoms with van der Waals surface area (Å²) in [7, 11) is 1.85. The summed E-state index contributed by atoms with van der Waals surface area (Å²) in [6.07, 6.45) is 0. The maximum Gasteiger partial charge on any atom is 0.123 e. The van der Waals surface area contributed by atoms with Crippen LogP contribution in [0, 0.1) is 0 Å². The first-order valence-corrected chi connectivity index (χ1v) is 1.74. The quantitative estimate of drug-likeness (QED) is 0.442. The molecule has 0 saturated carbocycles. The molecular formula is C2H6N4. The smallest absolute Gasteiger partial charge is 0.123 e. The summed E-state index contributed by atoms with van der Waals surface area (Å²) in [5, 5.41) is 8.76. The third kappa shape index (κ3) is 0.403. The van der Waals surface area contributed by atoms with Gasteiger partial charge in [0.1, 0.15) is 6.67 Å². The minimum Gasteiger partial charge on any atom is -0.269 e. The lowest BCUT2D eigenvalue weighted by atomic mass is 11.0. The molecule has 0 aromatic carbocycles. The van der Waals surface area contributed by atoms with Crippen molar-refractivity contribution in [1.29, 1.82) is 0 Å². The van der Waals surface area contributed by atoms with Crippen molar-refractivity contribution in [1.82, 2.24) is 10.4 Å². The van der Waals surface area contributed by atoms with Crippen LogP contribution in [0.25, 0.3) is 0 Å². The zero-order valence-corrected chi connectivity index (χ0v) is 3.55. The van der Waals surface area contributed by atoms with Gasteiger partial charge in [0.05, 0.1) is 0 Å². The second-order valence-electron chi connectivity index (χ2n) is 1.16. The SMILES string of the molecule is CN1CNN=N1. The van der Waals surface area contributed by atoms with Crippen molar-refractivity contribution in [2.24, 2.45) is 10.4 Å². The summed E-state index contributed by atoms with van der Waals surface area (Å²) >= 11 is 0. The van der Waals surface area contributed by atoms with E-state index < -0.39 is 0 Å². The lowest BCUT2D eigenvalue weighted by Crippen LogP contribution is -2.14. The van der Waals surface area contributed by atoms with Crippen LogP contribution in [0.4, 0.5) is 0 Å². The third-order valence-corrected chi connectivity index (χ3v) is 0.568. The van der Waals surface area contributed by atoms with Crippen molar-refractivity contribution in [3.8, 4) is 0 Å². The highest BCUT2D eigenvalue weighted by Crippen LogP contribution is 1.86. The van der Waals surface area contributed by atoms with E-state index in [9.17, 15) is 0 Å². The first-order chi connectivity index (χ1) is 2.89. The summed E-state index contributed by atoms with van der Waals surface area (Å²) in [5.41, 5.74) is 2.66. The number of nitrogens with zero attached hydrogens (tertiary/aromatic N) is 3. The lowest BCUT2D eigenvalue weighted by Gasteiger charge is -1.96. The fraction of sp³-hybridized carbons (Fsp3) is 1.00. The van der Waals surface area contributed by atoms with Crippen LogP contribution in [0.2, 0.25) is 0 Å². The normalized spacial score (nSPS) is 18.5. The molecule has 34 valence electrons. The Kier molecular flexibility index (Phi) is 0.633. The van der Waals surface area contributed by atoms with E-state index in [-0.39, 0.29) is 0 Å². The van der Waals surface area contributed by atoms with Crippen molar-refractivity contribution in [3.05, 3.63) is 0 Å². The second-order valence-corrected chi connectivity index (χ2v) is 1.16. The molecule has 6 heavy (non-hydrogen) atoms. The molecule has 0 fully saturated rings. The highest BCUT2D eigenvalue weighted by Gasteiger charge is 1.93. The van der Waals surface area contributed by atoms with E-state index in [2.05, 4.69) is 15.9 Å². The number of hydrogen-bond acceptors (Lipinski definition) is 4. The summed E-state index contributed by atoms with van der Waals surface area (Å²) in [5.74, 6) is 0. The van der Waals surface area contributed by atoms with Crippen LogP contribution in [0.15, 0.2) is 10.4 Å². The maximum atomic E-state index is 3.58. The van der Waals surface area contributed by atoms with Crippen molar-refractivity contribution in [3.63, 3.8) is 0 Å². The van der Waals surface area contributed by atoms with E-state index in [1.54, 1.807) is 5.01 Å². The molecule has 0 aromatic heterocycles. The first-order valence-electron chi connectivity index (χ1n) is 1.74. The Morgan fingerprint density at radius 3 is 2.83 bits per heavy atom. The second kappa shape index (κ2) is 1.12. The van der Waals surface area contributed by atoms with Gasteiger partial charge in [-0.15, -0.1) is 0 Å². The van der Waals surface area contributed by atoms with Crippen molar-refractivity contribution in [2.45, 2.75) is 0 Å². The van der Waals surface area contributed by atoms with Crippen LogP contribution in [0.3, 0.4) is 0 Å². The van der Waals surface area contributed by atoms with Gasteiger partial charge in [-0.3, -0.25) is 10.4 Å². The van der Waals surface area contributed by atoms with Gasteiger partial charge in [0.15, 0.2) is 0 Å². The first kappa shape index (κ1) is 3.39. The van der Waals surface area contributed by atoms with Crippen LogP contribution < -0.4 is 5.43 Å². The molecule has 0 aliphatic carbocycles. The van der Waals surface area contributed by atoms with Gasteiger partial charge in [-0.2, -0.15) is 0 Å². The van der Waals surface area contributed by atoms with Crippen molar-refractivity contribution >= 4 is 0 Å². The number of nitrogens with one attached hydrogen (secondary N) is 1. The van der Waals surface area contributed by atoms with Crippen molar-refractivity contribution in [2.75, 3.05) is 13.7 Å². The average Bonchev–Trinajstić information content (AvgIpc) is 1.86. The predicted molar refractivity (Wildman–Crippen MR) is 20.6 cm³/mol. The summed E-state index contributed by atoms with van der Waals surface area (Å²) < 4.78 is 0. The highest BCUT2D eigenvalue weighted by atomic mass is 15.7. The van der Waals surface area contributed by atoms with Crippen molar-refractivity contribution < 1.29 is 0 Å². The average molecular weight is 86.1 g/mol. The molecule has 4 nitrogen and oxygen atoms in total. The van der Waals surface area contributed by atoms with Crippen LogP contribution in [-0.2, 0) is 0 Å². The molecule has 1 aliphatic rings. The van der Waals surface area contributed by atoms with Gasteiger partial charge in [-0.25, -0.2) is 0 Å². The van der Waals surface area contributed by atoms with Gasteiger partial charge < -0.3 is 0 Å². The minimum absolute atomic E-state index is 0.736. The highest BCUT2D eigenvalue weighted by molar-refractivity contribution is 4.37. The molecular weight excluding hydrogens is 80.0 g/mol. The van der Waals surface area contributed by atoms with Crippen LogP contribution in [0.1, 0.15) is 0 Å². The molecule has 0 atom stereocenters. The van der Waals surface area contributed by atoms with Gasteiger partial charge in [0.2, 0.25) is 0 Å². The zero-order chi connectivity index (χ0) is 4.41. The largest absolute Gasteiger partial charge is 0.269 e. The van der Waals surface area contributed by atoms with Crippen LogP contribution in [-0.4, -0.2) is 18.7 Å². The molecule has 0 spiro atoms. The fourth-order valence-corrected chi connectivity index (χ4v) is 0.274. The summed E-state index contributed by atoms with van der Waals surface area (Å²) in [4.78, 5) is 0. The van der Waals surface area contributed by atoms with E-state index >= 15 is 0 Å². The van der Waals surface area contributed by atoms with E-state index in [0.29, 0.717) is 0 Å². The molecule has 0 aromatic rings.